The van der Waals surface area contributed by atoms with Crippen LogP contribution in [0.1, 0.15) is 23.7 Å². The molecule has 25 heavy (non-hydrogen) atoms. The van der Waals surface area contributed by atoms with Gasteiger partial charge in [-0.1, -0.05) is 46.6 Å². The lowest BCUT2D eigenvalue weighted by molar-refractivity contribution is -0.117. The number of aryl methyl sites for hydroxylation is 1. The average Bonchev–Trinajstić information content (AvgIpc) is 3.23. The molecule has 6 heteroatoms. The summed E-state index contributed by atoms with van der Waals surface area (Å²) in [7, 11) is 0. The van der Waals surface area contributed by atoms with Crippen LogP contribution in [0.15, 0.2) is 53.1 Å². The molecule has 1 aliphatic heterocycles. The maximum Gasteiger partial charge on any atom is 0.259 e. The van der Waals surface area contributed by atoms with E-state index in [1.165, 1.54) is 0 Å². The molecule has 1 aliphatic rings. The van der Waals surface area contributed by atoms with Crippen LogP contribution >= 0.6 is 11.6 Å². The van der Waals surface area contributed by atoms with Crippen molar-refractivity contribution in [1.82, 2.24) is 10.1 Å². The van der Waals surface area contributed by atoms with Gasteiger partial charge in [-0.05, 0) is 31.2 Å². The van der Waals surface area contributed by atoms with Gasteiger partial charge in [0.15, 0.2) is 5.82 Å². The highest BCUT2D eigenvalue weighted by Crippen LogP contribution is 2.32. The van der Waals surface area contributed by atoms with Crippen LogP contribution in [0.25, 0.3) is 11.5 Å². The Labute approximate surface area is 150 Å². The lowest BCUT2D eigenvalue weighted by Crippen LogP contribution is -2.24. The molecule has 0 spiro atoms. The van der Waals surface area contributed by atoms with Gasteiger partial charge in [0.2, 0.25) is 5.91 Å². The monoisotopic (exact) mass is 353 g/mol. The molecule has 1 aromatic heterocycles. The number of anilines is 1. The van der Waals surface area contributed by atoms with E-state index in [4.69, 9.17) is 16.1 Å². The zero-order valence-electron chi connectivity index (χ0n) is 13.6. The van der Waals surface area contributed by atoms with Crippen molar-refractivity contribution in [1.29, 1.82) is 0 Å². The Hall–Kier alpha value is -2.66. The molecule has 1 saturated heterocycles. The van der Waals surface area contributed by atoms with Gasteiger partial charge in [-0.3, -0.25) is 4.79 Å². The largest absolute Gasteiger partial charge is 0.334 e. The standard InChI is InChI=1S/C19H16ClN3O2/c1-12-6-8-14(9-7-12)23-11-13(10-17(23)24)18-21-19(25-22-18)15-4-2-3-5-16(15)20/h2-9,13H,10-11H2,1H3/t13-/m1/s1. The molecule has 0 unspecified atom stereocenters. The molecule has 0 saturated carbocycles. The number of hydrogen-bond acceptors (Lipinski definition) is 4. The molecular formula is C19H16ClN3O2. The van der Waals surface area contributed by atoms with E-state index >= 15 is 0 Å². The molecule has 5 nitrogen and oxygen atoms in total. The zero-order valence-corrected chi connectivity index (χ0v) is 14.4. The number of rotatable bonds is 3. The van der Waals surface area contributed by atoms with Gasteiger partial charge in [-0.25, -0.2) is 0 Å². The smallest absolute Gasteiger partial charge is 0.259 e. The Morgan fingerprint density at radius 3 is 2.68 bits per heavy atom. The van der Waals surface area contributed by atoms with E-state index in [1.807, 2.05) is 49.4 Å². The van der Waals surface area contributed by atoms with Crippen LogP contribution in [0.4, 0.5) is 5.69 Å². The zero-order chi connectivity index (χ0) is 17.4. The fraction of sp³-hybridized carbons (Fsp3) is 0.211. The summed E-state index contributed by atoms with van der Waals surface area (Å²) in [4.78, 5) is 18.6. The number of aromatic nitrogens is 2. The van der Waals surface area contributed by atoms with Crippen molar-refractivity contribution in [2.75, 3.05) is 11.4 Å². The summed E-state index contributed by atoms with van der Waals surface area (Å²) in [6, 6.07) is 15.2. The van der Waals surface area contributed by atoms with Gasteiger partial charge in [0.1, 0.15) is 0 Å². The number of carbonyl (C=O) groups is 1. The fourth-order valence-electron chi connectivity index (χ4n) is 3.00. The van der Waals surface area contributed by atoms with E-state index in [9.17, 15) is 4.79 Å². The second kappa shape index (κ2) is 6.33. The first-order chi connectivity index (χ1) is 12.1. The molecule has 0 bridgehead atoms. The molecule has 0 N–H and O–H groups in total. The SMILES string of the molecule is Cc1ccc(N2C[C@H](c3noc(-c4ccccc4Cl)n3)CC2=O)cc1. The van der Waals surface area contributed by atoms with Crippen molar-refractivity contribution < 1.29 is 9.32 Å². The average molecular weight is 354 g/mol. The molecule has 2 heterocycles. The predicted octanol–water partition coefficient (Wildman–Crippen LogP) is 4.22. The van der Waals surface area contributed by atoms with Gasteiger partial charge in [0.25, 0.3) is 5.89 Å². The summed E-state index contributed by atoms with van der Waals surface area (Å²) in [6.45, 7) is 2.57. The first-order valence-electron chi connectivity index (χ1n) is 8.07. The van der Waals surface area contributed by atoms with Crippen LogP contribution in [-0.2, 0) is 4.79 Å². The highest BCUT2D eigenvalue weighted by molar-refractivity contribution is 6.33. The molecule has 3 aromatic rings. The third-order valence-corrected chi connectivity index (χ3v) is 4.71. The second-order valence-corrected chi connectivity index (χ2v) is 6.59. The van der Waals surface area contributed by atoms with Crippen molar-refractivity contribution in [2.45, 2.75) is 19.3 Å². The maximum atomic E-state index is 12.4. The van der Waals surface area contributed by atoms with Gasteiger partial charge in [-0.2, -0.15) is 4.98 Å². The first-order valence-corrected chi connectivity index (χ1v) is 8.45. The van der Waals surface area contributed by atoms with Crippen molar-refractivity contribution in [3.63, 3.8) is 0 Å². The predicted molar refractivity (Wildman–Crippen MR) is 95.6 cm³/mol. The van der Waals surface area contributed by atoms with Crippen molar-refractivity contribution in [2.24, 2.45) is 0 Å². The Bertz CT molecular complexity index is 920. The third kappa shape index (κ3) is 3.03. The minimum atomic E-state index is -0.0891. The Balaban J connectivity index is 1.57. The Morgan fingerprint density at radius 2 is 1.92 bits per heavy atom. The molecule has 126 valence electrons. The summed E-state index contributed by atoms with van der Waals surface area (Å²) in [6.07, 6.45) is 0.370. The van der Waals surface area contributed by atoms with Crippen molar-refractivity contribution >= 4 is 23.2 Å². The number of carbonyl (C=O) groups excluding carboxylic acids is 1. The Morgan fingerprint density at radius 1 is 1.16 bits per heavy atom. The van der Waals surface area contributed by atoms with Crippen LogP contribution in [0.2, 0.25) is 5.02 Å². The highest BCUT2D eigenvalue weighted by atomic mass is 35.5. The lowest BCUT2D eigenvalue weighted by Gasteiger charge is -2.16. The molecule has 1 amide bonds. The number of nitrogens with zero attached hydrogens (tertiary/aromatic N) is 3. The second-order valence-electron chi connectivity index (χ2n) is 6.18. The van der Waals surface area contributed by atoms with Crippen molar-refractivity contribution in [3.8, 4) is 11.5 Å². The number of hydrogen-bond donors (Lipinski definition) is 0. The molecular weight excluding hydrogens is 338 g/mol. The number of benzene rings is 2. The molecule has 4 rings (SSSR count). The quantitative estimate of drug-likeness (QED) is 0.707. The minimum Gasteiger partial charge on any atom is -0.334 e. The molecule has 0 aliphatic carbocycles. The molecule has 1 atom stereocenters. The highest BCUT2D eigenvalue weighted by Gasteiger charge is 2.34. The number of amides is 1. The third-order valence-electron chi connectivity index (χ3n) is 4.38. The van der Waals surface area contributed by atoms with Gasteiger partial charge in [0, 0.05) is 24.6 Å². The minimum absolute atomic E-state index is 0.0675. The van der Waals surface area contributed by atoms with Crippen LogP contribution in [0, 0.1) is 6.92 Å². The van der Waals surface area contributed by atoms with E-state index in [2.05, 4.69) is 10.1 Å². The number of halogens is 1. The van der Waals surface area contributed by atoms with Crippen LogP contribution in [0.3, 0.4) is 0 Å². The van der Waals surface area contributed by atoms with Gasteiger partial charge in [-0.15, -0.1) is 0 Å². The van der Waals surface area contributed by atoms with Gasteiger partial charge >= 0.3 is 0 Å². The van der Waals surface area contributed by atoms with E-state index in [1.54, 1.807) is 11.0 Å². The van der Waals surface area contributed by atoms with E-state index in [-0.39, 0.29) is 11.8 Å². The van der Waals surface area contributed by atoms with Gasteiger partial charge in [0.05, 0.1) is 10.6 Å². The molecule has 1 fully saturated rings. The molecule has 0 radical (unpaired) electrons. The lowest BCUT2D eigenvalue weighted by atomic mass is 10.1. The normalized spacial score (nSPS) is 17.3. The Kier molecular flexibility index (Phi) is 4.01. The van der Waals surface area contributed by atoms with Crippen LogP contribution in [0.5, 0.6) is 0 Å². The summed E-state index contributed by atoms with van der Waals surface area (Å²) in [5.41, 5.74) is 2.75. The van der Waals surface area contributed by atoms with Gasteiger partial charge < -0.3 is 9.42 Å². The topological polar surface area (TPSA) is 59.2 Å². The fourth-order valence-corrected chi connectivity index (χ4v) is 3.22. The van der Waals surface area contributed by atoms with Crippen LogP contribution in [-0.4, -0.2) is 22.6 Å². The summed E-state index contributed by atoms with van der Waals surface area (Å²) in [5, 5.41) is 4.63. The van der Waals surface area contributed by atoms with Crippen molar-refractivity contribution in [3.05, 3.63) is 64.9 Å². The first kappa shape index (κ1) is 15.8. The van der Waals surface area contributed by atoms with E-state index in [0.717, 1.165) is 11.3 Å². The summed E-state index contributed by atoms with van der Waals surface area (Å²) < 4.78 is 5.36. The van der Waals surface area contributed by atoms with E-state index in [0.29, 0.717) is 35.3 Å². The summed E-state index contributed by atoms with van der Waals surface area (Å²) >= 11 is 6.18. The molecule has 2 aromatic carbocycles. The maximum absolute atomic E-state index is 12.4. The van der Waals surface area contributed by atoms with E-state index < -0.39 is 0 Å². The summed E-state index contributed by atoms with van der Waals surface area (Å²) in [5.74, 6) is 0.895. The van der Waals surface area contributed by atoms with Crippen LogP contribution < -0.4 is 4.90 Å².